The predicted octanol–water partition coefficient (Wildman–Crippen LogP) is 5.59. The third kappa shape index (κ3) is 6.41. The summed E-state index contributed by atoms with van der Waals surface area (Å²) in [6, 6.07) is 20.4. The molecule has 3 aromatic rings. The van der Waals surface area contributed by atoms with Crippen molar-refractivity contribution < 1.29 is 23.9 Å². The lowest BCUT2D eigenvalue weighted by molar-refractivity contribution is -0.122. The minimum absolute atomic E-state index is 0.159. The number of hydrogen-bond donors (Lipinski definition) is 1. The minimum atomic E-state index is -0.527. The number of benzene rings is 3. The lowest BCUT2D eigenvalue weighted by Gasteiger charge is -2.11. The van der Waals surface area contributed by atoms with Gasteiger partial charge >= 0.3 is 0 Å². The highest BCUT2D eigenvalue weighted by Gasteiger charge is 2.36. The molecule has 1 N–H and O–H groups in total. The Labute approximate surface area is 217 Å². The number of ether oxygens (including phenoxy) is 1. The summed E-state index contributed by atoms with van der Waals surface area (Å²) in [5.41, 5.74) is 2.82. The molecule has 0 spiro atoms. The van der Waals surface area contributed by atoms with E-state index in [9.17, 15) is 19.2 Å². The molecule has 4 rings (SSSR count). The Morgan fingerprint density at radius 1 is 0.972 bits per heavy atom. The van der Waals surface area contributed by atoms with E-state index in [2.05, 4.69) is 5.32 Å². The van der Waals surface area contributed by atoms with Crippen LogP contribution in [-0.2, 0) is 9.59 Å². The van der Waals surface area contributed by atoms with Crippen molar-refractivity contribution in [3.05, 3.63) is 99.4 Å². The van der Waals surface area contributed by atoms with Crippen molar-refractivity contribution in [1.29, 1.82) is 0 Å². The highest BCUT2D eigenvalue weighted by Crippen LogP contribution is 2.32. The SMILES string of the molecule is Cc1ccc(NC(=O)COc2ccc(/C=C3/SC(=O)N(CC(=O)c4ccc(Cl)cc4)C3=O)cc2)cc1. The first-order valence-electron chi connectivity index (χ1n) is 10.9. The fourth-order valence-corrected chi connectivity index (χ4v) is 4.27. The zero-order valence-electron chi connectivity index (χ0n) is 19.2. The molecule has 0 aromatic heterocycles. The molecule has 7 nitrogen and oxygen atoms in total. The molecule has 1 saturated heterocycles. The van der Waals surface area contributed by atoms with Gasteiger partial charge in [0, 0.05) is 16.3 Å². The molecule has 0 atom stereocenters. The Morgan fingerprint density at radius 3 is 2.31 bits per heavy atom. The van der Waals surface area contributed by atoms with Gasteiger partial charge in [0.15, 0.2) is 12.4 Å². The van der Waals surface area contributed by atoms with E-state index in [1.165, 1.54) is 0 Å². The highest BCUT2D eigenvalue weighted by atomic mass is 35.5. The number of anilines is 1. The summed E-state index contributed by atoms with van der Waals surface area (Å²) < 4.78 is 5.52. The summed E-state index contributed by atoms with van der Waals surface area (Å²) in [7, 11) is 0. The van der Waals surface area contributed by atoms with Crippen molar-refractivity contribution in [1.82, 2.24) is 4.90 Å². The van der Waals surface area contributed by atoms with Crippen LogP contribution in [-0.4, -0.2) is 40.9 Å². The quantitative estimate of drug-likeness (QED) is 0.307. The third-order valence-electron chi connectivity index (χ3n) is 5.22. The lowest BCUT2D eigenvalue weighted by Crippen LogP contribution is -2.33. The number of aryl methyl sites for hydroxylation is 1. The number of imide groups is 1. The summed E-state index contributed by atoms with van der Waals surface area (Å²) >= 11 is 6.62. The van der Waals surface area contributed by atoms with Crippen molar-refractivity contribution in [2.45, 2.75) is 6.92 Å². The zero-order valence-corrected chi connectivity index (χ0v) is 20.8. The number of halogens is 1. The van der Waals surface area contributed by atoms with E-state index in [-0.39, 0.29) is 29.7 Å². The third-order valence-corrected chi connectivity index (χ3v) is 6.38. The van der Waals surface area contributed by atoms with Gasteiger partial charge in [-0.15, -0.1) is 0 Å². The van der Waals surface area contributed by atoms with Crippen molar-refractivity contribution in [3.63, 3.8) is 0 Å². The molecule has 0 bridgehead atoms. The summed E-state index contributed by atoms with van der Waals surface area (Å²) in [5, 5.41) is 2.74. The van der Waals surface area contributed by atoms with E-state index in [0.717, 1.165) is 22.2 Å². The summed E-state index contributed by atoms with van der Waals surface area (Å²) in [6.07, 6.45) is 1.57. The largest absolute Gasteiger partial charge is 0.484 e. The number of nitrogens with one attached hydrogen (secondary N) is 1. The van der Waals surface area contributed by atoms with E-state index >= 15 is 0 Å². The Bertz CT molecular complexity index is 1340. The molecular weight excluding hydrogens is 500 g/mol. The van der Waals surface area contributed by atoms with Crippen molar-refractivity contribution >= 4 is 58.0 Å². The number of hydrogen-bond acceptors (Lipinski definition) is 6. The normalized spacial score (nSPS) is 14.3. The first-order valence-corrected chi connectivity index (χ1v) is 12.1. The van der Waals surface area contributed by atoms with E-state index in [1.54, 1.807) is 54.6 Å². The first kappa shape index (κ1) is 25.2. The maximum atomic E-state index is 12.7. The molecule has 3 amide bonds. The van der Waals surface area contributed by atoms with Gasteiger partial charge in [-0.3, -0.25) is 24.1 Å². The molecule has 1 aliphatic heterocycles. The standard InChI is InChI=1S/C27H21ClN2O5S/c1-17-2-10-21(11-3-17)29-25(32)16-35-22-12-4-18(5-13-22)14-24-26(33)30(27(34)36-24)15-23(31)19-6-8-20(28)9-7-19/h2-14H,15-16H2,1H3,(H,29,32)/b24-14+. The number of Topliss-reactive ketones (excluding diaryl/α,β-unsaturated/α-hetero) is 1. The monoisotopic (exact) mass is 520 g/mol. The van der Waals surface area contributed by atoms with Gasteiger partial charge < -0.3 is 10.1 Å². The smallest absolute Gasteiger partial charge is 0.293 e. The van der Waals surface area contributed by atoms with Gasteiger partial charge in [-0.2, -0.15) is 0 Å². The molecule has 9 heteroatoms. The summed E-state index contributed by atoms with van der Waals surface area (Å²) in [6.45, 7) is 1.46. The molecule has 1 fully saturated rings. The maximum absolute atomic E-state index is 12.7. The Kier molecular flexibility index (Phi) is 7.87. The molecule has 1 aliphatic rings. The van der Waals surface area contributed by atoms with Gasteiger partial charge in [0.1, 0.15) is 5.75 Å². The topological polar surface area (TPSA) is 92.8 Å². The molecule has 0 unspecified atom stereocenters. The van der Waals surface area contributed by atoms with Crippen LogP contribution in [0.15, 0.2) is 77.7 Å². The number of thioether (sulfide) groups is 1. The molecule has 182 valence electrons. The second-order valence-electron chi connectivity index (χ2n) is 7.97. The van der Waals surface area contributed by atoms with Crippen LogP contribution >= 0.6 is 23.4 Å². The number of amides is 3. The van der Waals surface area contributed by atoms with Crippen LogP contribution in [0.4, 0.5) is 10.5 Å². The zero-order chi connectivity index (χ0) is 25.7. The average Bonchev–Trinajstić information content (AvgIpc) is 3.12. The fraction of sp³-hybridized carbons (Fsp3) is 0.111. The Hall–Kier alpha value is -3.88. The predicted molar refractivity (Wildman–Crippen MR) is 140 cm³/mol. The van der Waals surface area contributed by atoms with E-state index < -0.39 is 11.1 Å². The van der Waals surface area contributed by atoms with Crippen LogP contribution < -0.4 is 10.1 Å². The molecule has 3 aromatic carbocycles. The van der Waals surface area contributed by atoms with E-state index in [4.69, 9.17) is 16.3 Å². The fourth-order valence-electron chi connectivity index (χ4n) is 3.30. The van der Waals surface area contributed by atoms with Crippen molar-refractivity contribution in [3.8, 4) is 5.75 Å². The molecular formula is C27H21ClN2O5S. The number of nitrogens with zero attached hydrogens (tertiary/aromatic N) is 1. The Balaban J connectivity index is 1.33. The number of carbonyl (C=O) groups is 4. The van der Waals surface area contributed by atoms with Crippen molar-refractivity contribution in [2.75, 3.05) is 18.5 Å². The molecule has 36 heavy (non-hydrogen) atoms. The van der Waals surface area contributed by atoms with Gasteiger partial charge in [0.05, 0.1) is 11.4 Å². The minimum Gasteiger partial charge on any atom is -0.484 e. The summed E-state index contributed by atoms with van der Waals surface area (Å²) in [4.78, 5) is 50.8. The van der Waals surface area contributed by atoms with E-state index in [1.807, 2.05) is 31.2 Å². The van der Waals surface area contributed by atoms with Crippen LogP contribution in [0.25, 0.3) is 6.08 Å². The highest BCUT2D eigenvalue weighted by molar-refractivity contribution is 8.18. The van der Waals surface area contributed by atoms with Gasteiger partial charge in [0.2, 0.25) is 0 Å². The van der Waals surface area contributed by atoms with Gasteiger partial charge in [-0.05, 0) is 78.9 Å². The second-order valence-corrected chi connectivity index (χ2v) is 9.40. The van der Waals surface area contributed by atoms with E-state index in [0.29, 0.717) is 27.6 Å². The lowest BCUT2D eigenvalue weighted by atomic mass is 10.1. The van der Waals surface area contributed by atoms with Crippen LogP contribution in [0.1, 0.15) is 21.5 Å². The van der Waals surface area contributed by atoms with Gasteiger partial charge in [0.25, 0.3) is 17.1 Å². The molecule has 0 saturated carbocycles. The van der Waals surface area contributed by atoms with Crippen LogP contribution in [0, 0.1) is 6.92 Å². The first-order chi connectivity index (χ1) is 17.3. The summed E-state index contributed by atoms with van der Waals surface area (Å²) in [5.74, 6) is -0.693. The second kappa shape index (κ2) is 11.2. The number of carbonyl (C=O) groups excluding carboxylic acids is 4. The van der Waals surface area contributed by atoms with Crippen LogP contribution in [0.3, 0.4) is 0 Å². The van der Waals surface area contributed by atoms with Gasteiger partial charge in [-0.25, -0.2) is 0 Å². The molecule has 0 radical (unpaired) electrons. The van der Waals surface area contributed by atoms with Crippen LogP contribution in [0.5, 0.6) is 5.75 Å². The van der Waals surface area contributed by atoms with Gasteiger partial charge in [-0.1, -0.05) is 41.4 Å². The maximum Gasteiger partial charge on any atom is 0.293 e. The number of rotatable bonds is 8. The van der Waals surface area contributed by atoms with Crippen molar-refractivity contribution in [2.24, 2.45) is 0 Å². The Morgan fingerprint density at radius 2 is 1.64 bits per heavy atom. The average molecular weight is 521 g/mol. The van der Waals surface area contributed by atoms with Crippen LogP contribution in [0.2, 0.25) is 5.02 Å². The molecule has 0 aliphatic carbocycles. The number of ketones is 1. The molecule has 1 heterocycles.